The molecule has 0 bridgehead atoms. The van der Waals surface area contributed by atoms with Crippen LogP contribution < -0.4 is 10.9 Å². The van der Waals surface area contributed by atoms with E-state index in [9.17, 15) is 9.59 Å². The number of carbonyl (C=O) groups excluding carboxylic acids is 1. The smallest absolute Gasteiger partial charge is 0.261 e. The monoisotopic (exact) mass is 396 g/mol. The number of fused-ring (bicyclic) bond motifs is 1. The van der Waals surface area contributed by atoms with Gasteiger partial charge >= 0.3 is 0 Å². The molecule has 1 aromatic heterocycles. The lowest BCUT2D eigenvalue weighted by Gasteiger charge is -2.36. The molecule has 6 nitrogen and oxygen atoms in total. The van der Waals surface area contributed by atoms with Gasteiger partial charge in [0.05, 0.1) is 23.3 Å². The first-order chi connectivity index (χ1) is 13.5. The number of carbonyl (C=O) groups is 1. The van der Waals surface area contributed by atoms with Crippen LogP contribution in [0.3, 0.4) is 0 Å². The van der Waals surface area contributed by atoms with Gasteiger partial charge in [-0.15, -0.1) is 0 Å². The van der Waals surface area contributed by atoms with Crippen LogP contribution in [0.2, 0.25) is 5.02 Å². The number of para-hydroxylation sites is 1. The van der Waals surface area contributed by atoms with Crippen molar-refractivity contribution in [2.75, 3.05) is 19.6 Å². The largest absolute Gasteiger partial charge is 0.332 e. The Kier molecular flexibility index (Phi) is 5.15. The van der Waals surface area contributed by atoms with Crippen LogP contribution in [0.5, 0.6) is 0 Å². The van der Waals surface area contributed by atoms with Crippen LogP contribution in [0.25, 0.3) is 10.9 Å². The summed E-state index contributed by atoms with van der Waals surface area (Å²) in [7, 11) is 0. The third-order valence-electron chi connectivity index (χ3n) is 5.16. The van der Waals surface area contributed by atoms with E-state index >= 15 is 0 Å². The number of hydrogen-bond acceptors (Lipinski definition) is 4. The molecule has 28 heavy (non-hydrogen) atoms. The molecule has 144 valence electrons. The van der Waals surface area contributed by atoms with Crippen molar-refractivity contribution in [2.45, 2.75) is 19.5 Å². The highest BCUT2D eigenvalue weighted by Crippen LogP contribution is 2.25. The predicted molar refractivity (Wildman–Crippen MR) is 110 cm³/mol. The van der Waals surface area contributed by atoms with Crippen molar-refractivity contribution in [3.63, 3.8) is 0 Å². The van der Waals surface area contributed by atoms with Gasteiger partial charge in [-0.3, -0.25) is 14.2 Å². The van der Waals surface area contributed by atoms with Crippen LogP contribution in [0, 0.1) is 6.92 Å². The second-order valence-electron chi connectivity index (χ2n) is 7.01. The minimum atomic E-state index is -0.198. The van der Waals surface area contributed by atoms with Crippen LogP contribution in [-0.4, -0.2) is 40.0 Å². The summed E-state index contributed by atoms with van der Waals surface area (Å²) in [4.78, 5) is 32.1. The molecular weight excluding hydrogens is 376 g/mol. The molecule has 0 radical (unpaired) electrons. The van der Waals surface area contributed by atoms with Gasteiger partial charge in [-0.25, -0.2) is 4.98 Å². The van der Waals surface area contributed by atoms with Gasteiger partial charge in [-0.1, -0.05) is 35.9 Å². The lowest BCUT2D eigenvalue weighted by atomic mass is 10.0. The van der Waals surface area contributed by atoms with Crippen molar-refractivity contribution < 1.29 is 4.79 Å². The molecule has 1 unspecified atom stereocenters. The van der Waals surface area contributed by atoms with Crippen molar-refractivity contribution in [2.24, 2.45) is 0 Å². The summed E-state index contributed by atoms with van der Waals surface area (Å²) in [6.45, 7) is 3.82. The SMILES string of the molecule is Cc1cccc2c(=O)n(CC(=O)N3CCNCC3c3cccc(Cl)c3)cnc12. The molecule has 2 aromatic carbocycles. The third-order valence-corrected chi connectivity index (χ3v) is 5.39. The first-order valence-corrected chi connectivity index (χ1v) is 9.63. The zero-order valence-corrected chi connectivity index (χ0v) is 16.3. The summed E-state index contributed by atoms with van der Waals surface area (Å²) in [5.41, 5.74) is 2.40. The number of rotatable bonds is 3. The van der Waals surface area contributed by atoms with E-state index in [2.05, 4.69) is 10.3 Å². The Morgan fingerprint density at radius 1 is 1.29 bits per heavy atom. The van der Waals surface area contributed by atoms with Crippen LogP contribution in [0.1, 0.15) is 17.2 Å². The second-order valence-corrected chi connectivity index (χ2v) is 7.45. The summed E-state index contributed by atoms with van der Waals surface area (Å²) >= 11 is 6.13. The van der Waals surface area contributed by atoms with Crippen molar-refractivity contribution in [1.82, 2.24) is 19.8 Å². The molecule has 1 atom stereocenters. The summed E-state index contributed by atoms with van der Waals surface area (Å²) in [6, 6.07) is 12.9. The van der Waals surface area contributed by atoms with Crippen LogP contribution in [0.4, 0.5) is 0 Å². The number of nitrogens with zero attached hydrogens (tertiary/aromatic N) is 3. The molecule has 2 heterocycles. The zero-order chi connectivity index (χ0) is 19.7. The molecule has 1 fully saturated rings. The van der Waals surface area contributed by atoms with Crippen molar-refractivity contribution in [3.05, 3.63) is 75.3 Å². The Morgan fingerprint density at radius 3 is 2.93 bits per heavy atom. The minimum Gasteiger partial charge on any atom is -0.332 e. The Hall–Kier alpha value is -2.70. The maximum atomic E-state index is 13.1. The fourth-order valence-corrected chi connectivity index (χ4v) is 3.90. The molecule has 0 spiro atoms. The number of piperazine rings is 1. The average molecular weight is 397 g/mol. The van der Waals surface area contributed by atoms with Gasteiger partial charge < -0.3 is 10.2 Å². The molecule has 1 N–H and O–H groups in total. The standard InChI is InChI=1S/C21H21ClN4O2/c1-14-4-2-7-17-20(14)24-13-25(21(17)28)12-19(27)26-9-8-23-11-18(26)15-5-3-6-16(22)10-15/h2-7,10,13,18,23H,8-9,11-12H2,1H3. The van der Waals surface area contributed by atoms with Gasteiger partial charge in [0.15, 0.2) is 0 Å². The minimum absolute atomic E-state index is 0.0349. The highest BCUT2D eigenvalue weighted by molar-refractivity contribution is 6.30. The molecule has 4 rings (SSSR count). The maximum absolute atomic E-state index is 13.1. The predicted octanol–water partition coefficient (Wildman–Crippen LogP) is 2.53. The highest BCUT2D eigenvalue weighted by atomic mass is 35.5. The molecule has 0 aliphatic carbocycles. The normalized spacial score (nSPS) is 17.1. The van der Waals surface area contributed by atoms with E-state index in [4.69, 9.17) is 11.6 Å². The van der Waals surface area contributed by atoms with Gasteiger partial charge in [-0.05, 0) is 36.2 Å². The Labute approximate surface area is 167 Å². The van der Waals surface area contributed by atoms with E-state index in [0.717, 1.165) is 11.1 Å². The Morgan fingerprint density at radius 2 is 2.11 bits per heavy atom. The summed E-state index contributed by atoms with van der Waals surface area (Å²) in [5, 5.41) is 4.49. The van der Waals surface area contributed by atoms with Gasteiger partial charge in [0.2, 0.25) is 5.91 Å². The quantitative estimate of drug-likeness (QED) is 0.738. The van der Waals surface area contributed by atoms with Crippen LogP contribution in [0.15, 0.2) is 53.6 Å². The highest BCUT2D eigenvalue weighted by Gasteiger charge is 2.28. The fraction of sp³-hybridized carbons (Fsp3) is 0.286. The number of halogens is 1. The number of benzene rings is 2. The Bertz CT molecular complexity index is 1100. The van der Waals surface area contributed by atoms with E-state index in [1.807, 2.05) is 48.2 Å². The van der Waals surface area contributed by atoms with Gasteiger partial charge in [0.25, 0.3) is 5.56 Å². The van der Waals surface area contributed by atoms with Crippen molar-refractivity contribution in [3.8, 4) is 0 Å². The number of aryl methyl sites for hydroxylation is 1. The number of aromatic nitrogens is 2. The summed E-state index contributed by atoms with van der Waals surface area (Å²) < 4.78 is 1.39. The summed E-state index contributed by atoms with van der Waals surface area (Å²) in [6.07, 6.45) is 1.46. The van der Waals surface area contributed by atoms with E-state index in [-0.39, 0.29) is 24.1 Å². The lowest BCUT2D eigenvalue weighted by Crippen LogP contribution is -2.50. The maximum Gasteiger partial charge on any atom is 0.261 e. The molecule has 0 saturated carbocycles. The summed E-state index contributed by atoms with van der Waals surface area (Å²) in [5.74, 6) is -0.109. The van der Waals surface area contributed by atoms with Crippen molar-refractivity contribution in [1.29, 1.82) is 0 Å². The zero-order valence-electron chi connectivity index (χ0n) is 15.6. The molecule has 1 amide bonds. The number of amides is 1. The Balaban J connectivity index is 1.62. The first kappa shape index (κ1) is 18.7. The van der Waals surface area contributed by atoms with E-state index in [0.29, 0.717) is 35.6 Å². The average Bonchev–Trinajstić information content (AvgIpc) is 2.70. The van der Waals surface area contributed by atoms with E-state index in [1.54, 1.807) is 6.07 Å². The van der Waals surface area contributed by atoms with E-state index < -0.39 is 0 Å². The third kappa shape index (κ3) is 3.53. The van der Waals surface area contributed by atoms with Gasteiger partial charge in [0, 0.05) is 24.7 Å². The molecule has 1 saturated heterocycles. The molecule has 1 aliphatic rings. The number of nitrogens with one attached hydrogen (secondary N) is 1. The second kappa shape index (κ2) is 7.73. The van der Waals surface area contributed by atoms with Crippen molar-refractivity contribution >= 4 is 28.4 Å². The lowest BCUT2D eigenvalue weighted by molar-refractivity contribution is -0.135. The molecule has 7 heteroatoms. The van der Waals surface area contributed by atoms with E-state index in [1.165, 1.54) is 10.9 Å². The number of hydrogen-bond donors (Lipinski definition) is 1. The van der Waals surface area contributed by atoms with Gasteiger partial charge in [0.1, 0.15) is 6.54 Å². The first-order valence-electron chi connectivity index (χ1n) is 9.25. The molecule has 3 aromatic rings. The molecule has 1 aliphatic heterocycles. The van der Waals surface area contributed by atoms with Crippen LogP contribution in [-0.2, 0) is 11.3 Å². The topological polar surface area (TPSA) is 67.2 Å². The fourth-order valence-electron chi connectivity index (χ4n) is 3.70. The van der Waals surface area contributed by atoms with Crippen LogP contribution >= 0.6 is 11.6 Å². The molecular formula is C21H21ClN4O2. The van der Waals surface area contributed by atoms with Gasteiger partial charge in [-0.2, -0.15) is 0 Å².